The van der Waals surface area contributed by atoms with Gasteiger partial charge in [-0.1, -0.05) is 31.5 Å². The Balaban J connectivity index is 2.06. The lowest BCUT2D eigenvalue weighted by Crippen LogP contribution is -2.13. The maximum Gasteiger partial charge on any atom is 0.123 e. The fourth-order valence-electron chi connectivity index (χ4n) is 1.76. The number of benzene rings is 1. The molecule has 0 saturated carbocycles. The van der Waals surface area contributed by atoms with Crippen LogP contribution in [-0.4, -0.2) is 40.1 Å². The van der Waals surface area contributed by atoms with E-state index in [9.17, 15) is 0 Å². The molecule has 0 aromatic heterocycles. The Morgan fingerprint density at radius 3 is 2.40 bits per heavy atom. The molecule has 20 heavy (non-hydrogen) atoms. The van der Waals surface area contributed by atoms with Gasteiger partial charge < -0.3 is 19.5 Å². The normalized spacial score (nSPS) is 10.7. The van der Waals surface area contributed by atoms with Gasteiger partial charge >= 0.3 is 0 Å². The van der Waals surface area contributed by atoms with Crippen LogP contribution in [0.4, 0.5) is 0 Å². The third kappa shape index (κ3) is 7.48. The first kappa shape index (κ1) is 17.0. The summed E-state index contributed by atoms with van der Waals surface area (Å²) < 4.78 is 16.6. The van der Waals surface area contributed by atoms with E-state index >= 15 is 0 Å². The Hall–Kier alpha value is -1.10. The minimum absolute atomic E-state index is 0.565. The topological polar surface area (TPSA) is 39.7 Å². The molecule has 4 heteroatoms. The maximum absolute atomic E-state index is 5.73. The van der Waals surface area contributed by atoms with E-state index in [4.69, 9.17) is 14.2 Å². The molecule has 1 rings (SSSR count). The molecule has 4 nitrogen and oxygen atoms in total. The third-order valence-electron chi connectivity index (χ3n) is 2.84. The van der Waals surface area contributed by atoms with Crippen LogP contribution in [-0.2, 0) is 16.0 Å². The van der Waals surface area contributed by atoms with Crippen molar-refractivity contribution in [3.63, 3.8) is 0 Å². The highest BCUT2D eigenvalue weighted by atomic mass is 16.5. The lowest BCUT2D eigenvalue weighted by Gasteiger charge is -2.11. The summed E-state index contributed by atoms with van der Waals surface area (Å²) in [7, 11) is 1.93. The van der Waals surface area contributed by atoms with Crippen LogP contribution >= 0.6 is 0 Å². The summed E-state index contributed by atoms with van der Waals surface area (Å²) in [6.07, 6.45) is 2.28. The van der Waals surface area contributed by atoms with Gasteiger partial charge in [0, 0.05) is 18.7 Å². The van der Waals surface area contributed by atoms with Crippen LogP contribution < -0.4 is 10.1 Å². The highest BCUT2D eigenvalue weighted by Crippen LogP contribution is 2.17. The van der Waals surface area contributed by atoms with Crippen LogP contribution in [0.1, 0.15) is 25.3 Å². The van der Waals surface area contributed by atoms with E-state index < -0.39 is 0 Å². The minimum atomic E-state index is 0.565. The molecule has 0 fully saturated rings. The Bertz CT molecular complexity index is 344. The molecule has 0 aliphatic carbocycles. The summed E-state index contributed by atoms with van der Waals surface area (Å²) in [5.41, 5.74) is 1.16. The SMILES string of the molecule is CCCCOCCOCCOc1ccccc1CNC. The lowest BCUT2D eigenvalue weighted by molar-refractivity contribution is 0.0354. The van der Waals surface area contributed by atoms with Crippen LogP contribution in [0.5, 0.6) is 5.75 Å². The van der Waals surface area contributed by atoms with Crippen molar-refractivity contribution in [2.75, 3.05) is 40.1 Å². The monoisotopic (exact) mass is 281 g/mol. The minimum Gasteiger partial charge on any atom is -0.491 e. The van der Waals surface area contributed by atoms with Crippen LogP contribution in [0.15, 0.2) is 24.3 Å². The standard InChI is InChI=1S/C16H27NO3/c1-3-4-9-18-10-11-19-12-13-20-16-8-6-5-7-15(16)14-17-2/h5-8,17H,3-4,9-14H2,1-2H3. The van der Waals surface area contributed by atoms with Crippen molar-refractivity contribution in [1.82, 2.24) is 5.32 Å². The number of hydrogen-bond donors (Lipinski definition) is 1. The second-order valence-electron chi connectivity index (χ2n) is 4.56. The summed E-state index contributed by atoms with van der Waals surface area (Å²) in [5.74, 6) is 0.921. The average molecular weight is 281 g/mol. The Kier molecular flexibility index (Phi) is 9.92. The van der Waals surface area contributed by atoms with Crippen LogP contribution in [0, 0.1) is 0 Å². The summed E-state index contributed by atoms with van der Waals surface area (Å²) in [6.45, 7) is 6.24. The average Bonchev–Trinajstić information content (AvgIpc) is 2.47. The van der Waals surface area contributed by atoms with Gasteiger partial charge in [-0.2, -0.15) is 0 Å². The van der Waals surface area contributed by atoms with Gasteiger partial charge in [0.2, 0.25) is 0 Å². The molecule has 0 aliphatic heterocycles. The van der Waals surface area contributed by atoms with Gasteiger partial charge in [-0.25, -0.2) is 0 Å². The van der Waals surface area contributed by atoms with Crippen molar-refractivity contribution in [2.24, 2.45) is 0 Å². The first-order valence-electron chi connectivity index (χ1n) is 7.39. The molecule has 0 saturated heterocycles. The van der Waals surface area contributed by atoms with Gasteiger partial charge in [0.05, 0.1) is 19.8 Å². The number of nitrogens with one attached hydrogen (secondary N) is 1. The Morgan fingerprint density at radius 1 is 0.950 bits per heavy atom. The molecule has 0 bridgehead atoms. The van der Waals surface area contributed by atoms with Crippen molar-refractivity contribution in [3.8, 4) is 5.75 Å². The van der Waals surface area contributed by atoms with Crippen molar-refractivity contribution in [2.45, 2.75) is 26.3 Å². The molecule has 114 valence electrons. The molecule has 0 aliphatic rings. The number of ether oxygens (including phenoxy) is 3. The van der Waals surface area contributed by atoms with Crippen LogP contribution in [0.25, 0.3) is 0 Å². The Morgan fingerprint density at radius 2 is 1.65 bits per heavy atom. The predicted molar refractivity (Wildman–Crippen MR) is 81.2 cm³/mol. The zero-order valence-electron chi connectivity index (χ0n) is 12.7. The first-order chi connectivity index (χ1) is 9.88. The van der Waals surface area contributed by atoms with Crippen LogP contribution in [0.3, 0.4) is 0 Å². The highest BCUT2D eigenvalue weighted by molar-refractivity contribution is 5.33. The zero-order chi connectivity index (χ0) is 14.5. The number of rotatable bonds is 12. The molecule has 0 amide bonds. The second-order valence-corrected chi connectivity index (χ2v) is 4.56. The molecular formula is C16H27NO3. The molecule has 0 atom stereocenters. The largest absolute Gasteiger partial charge is 0.491 e. The maximum atomic E-state index is 5.73. The lowest BCUT2D eigenvalue weighted by atomic mass is 10.2. The summed E-state index contributed by atoms with van der Waals surface area (Å²) in [4.78, 5) is 0. The molecule has 1 aromatic rings. The molecular weight excluding hydrogens is 254 g/mol. The van der Waals surface area contributed by atoms with E-state index in [1.807, 2.05) is 25.2 Å². The molecule has 0 spiro atoms. The van der Waals surface area contributed by atoms with Crippen molar-refractivity contribution in [3.05, 3.63) is 29.8 Å². The van der Waals surface area contributed by atoms with E-state index in [2.05, 4.69) is 18.3 Å². The highest BCUT2D eigenvalue weighted by Gasteiger charge is 2.01. The van der Waals surface area contributed by atoms with Crippen molar-refractivity contribution >= 4 is 0 Å². The quantitative estimate of drug-likeness (QED) is 0.598. The van der Waals surface area contributed by atoms with Gasteiger partial charge in [0.25, 0.3) is 0 Å². The zero-order valence-corrected chi connectivity index (χ0v) is 12.7. The molecule has 0 unspecified atom stereocenters. The molecule has 0 heterocycles. The van der Waals surface area contributed by atoms with E-state index in [0.717, 1.165) is 30.9 Å². The van der Waals surface area contributed by atoms with E-state index in [0.29, 0.717) is 26.4 Å². The molecule has 0 radical (unpaired) electrons. The fourth-order valence-corrected chi connectivity index (χ4v) is 1.76. The van der Waals surface area contributed by atoms with E-state index in [-0.39, 0.29) is 0 Å². The van der Waals surface area contributed by atoms with Gasteiger partial charge in [0.1, 0.15) is 12.4 Å². The molecule has 1 N–H and O–H groups in total. The van der Waals surface area contributed by atoms with Gasteiger partial charge in [0.15, 0.2) is 0 Å². The van der Waals surface area contributed by atoms with Crippen molar-refractivity contribution in [1.29, 1.82) is 0 Å². The summed E-state index contributed by atoms with van der Waals surface area (Å²) in [5, 5.41) is 3.13. The summed E-state index contributed by atoms with van der Waals surface area (Å²) in [6, 6.07) is 8.05. The third-order valence-corrected chi connectivity index (χ3v) is 2.84. The van der Waals surface area contributed by atoms with Crippen LogP contribution in [0.2, 0.25) is 0 Å². The Labute approximate surface area is 122 Å². The van der Waals surface area contributed by atoms with Gasteiger partial charge in [-0.05, 0) is 19.5 Å². The number of hydrogen-bond acceptors (Lipinski definition) is 4. The summed E-state index contributed by atoms with van der Waals surface area (Å²) >= 11 is 0. The van der Waals surface area contributed by atoms with E-state index in [1.54, 1.807) is 0 Å². The fraction of sp³-hybridized carbons (Fsp3) is 0.625. The van der Waals surface area contributed by atoms with Gasteiger partial charge in [-0.15, -0.1) is 0 Å². The van der Waals surface area contributed by atoms with Crippen molar-refractivity contribution < 1.29 is 14.2 Å². The first-order valence-corrected chi connectivity index (χ1v) is 7.39. The molecule has 1 aromatic carbocycles. The van der Waals surface area contributed by atoms with E-state index in [1.165, 1.54) is 6.42 Å². The number of para-hydroxylation sites is 1. The second kappa shape index (κ2) is 11.7. The predicted octanol–water partition coefficient (Wildman–Crippen LogP) is 2.62. The number of unbranched alkanes of at least 4 members (excludes halogenated alkanes) is 1. The van der Waals surface area contributed by atoms with Gasteiger partial charge in [-0.3, -0.25) is 0 Å². The smallest absolute Gasteiger partial charge is 0.123 e.